The highest BCUT2D eigenvalue weighted by Gasteiger charge is 2.57. The zero-order valence-corrected chi connectivity index (χ0v) is 13.2. The largest absolute Gasteiger partial charge is 0.330 e. The molecule has 0 atom stereocenters. The maximum Gasteiger partial charge on any atom is 0.0113 e. The summed E-state index contributed by atoms with van der Waals surface area (Å²) in [6.07, 6.45) is 11.6. The molecule has 20 heavy (non-hydrogen) atoms. The molecule has 0 saturated heterocycles. The van der Waals surface area contributed by atoms with E-state index >= 15 is 0 Å². The number of unbranched alkanes of at least 4 members (excludes halogenated alkanes) is 1. The van der Waals surface area contributed by atoms with Gasteiger partial charge in [-0.05, 0) is 86.6 Å². The molecule has 0 radical (unpaired) electrons. The lowest BCUT2D eigenvalue weighted by atomic mass is 9.44. The van der Waals surface area contributed by atoms with E-state index in [1.54, 1.807) is 11.3 Å². The molecular formula is C18H27NS. The predicted molar refractivity (Wildman–Crippen MR) is 85.9 cm³/mol. The number of hydrogen-bond donors (Lipinski definition) is 1. The second-order valence-electron chi connectivity index (χ2n) is 7.57. The normalized spacial score (nSPS) is 42.2. The van der Waals surface area contributed by atoms with Gasteiger partial charge in [0.05, 0.1) is 0 Å². The van der Waals surface area contributed by atoms with Crippen molar-refractivity contribution in [2.24, 2.45) is 29.4 Å². The van der Waals surface area contributed by atoms with E-state index in [-0.39, 0.29) is 0 Å². The van der Waals surface area contributed by atoms with Crippen LogP contribution in [0.4, 0.5) is 0 Å². The van der Waals surface area contributed by atoms with E-state index in [4.69, 9.17) is 5.73 Å². The topological polar surface area (TPSA) is 26.0 Å². The first kappa shape index (κ1) is 13.3. The minimum Gasteiger partial charge on any atom is -0.330 e. The van der Waals surface area contributed by atoms with Gasteiger partial charge >= 0.3 is 0 Å². The summed E-state index contributed by atoms with van der Waals surface area (Å²) in [5, 5.41) is 2.30. The van der Waals surface area contributed by atoms with Gasteiger partial charge in [0, 0.05) is 10.3 Å². The summed E-state index contributed by atoms with van der Waals surface area (Å²) in [6, 6.07) is 4.71. The highest BCUT2D eigenvalue weighted by molar-refractivity contribution is 7.10. The Morgan fingerprint density at radius 1 is 1.05 bits per heavy atom. The quantitative estimate of drug-likeness (QED) is 0.789. The SMILES string of the molecule is NCCCCC1(c2cccs2)C2CC3CC(C2)CC1C3. The molecule has 4 bridgehead atoms. The Bertz CT molecular complexity index is 422. The highest BCUT2D eigenvalue weighted by Crippen LogP contribution is 2.65. The van der Waals surface area contributed by atoms with Crippen molar-refractivity contribution in [3.05, 3.63) is 22.4 Å². The molecule has 0 unspecified atom stereocenters. The van der Waals surface area contributed by atoms with Crippen LogP contribution >= 0.6 is 11.3 Å². The Balaban J connectivity index is 1.68. The van der Waals surface area contributed by atoms with Crippen molar-refractivity contribution in [2.75, 3.05) is 6.54 Å². The molecule has 0 spiro atoms. The van der Waals surface area contributed by atoms with Crippen LogP contribution in [0.15, 0.2) is 17.5 Å². The third-order valence-corrected chi connectivity index (χ3v) is 7.68. The molecule has 4 aliphatic rings. The number of nitrogens with two attached hydrogens (primary N) is 1. The lowest BCUT2D eigenvalue weighted by Gasteiger charge is -2.61. The van der Waals surface area contributed by atoms with Crippen LogP contribution in [0.25, 0.3) is 0 Å². The molecular weight excluding hydrogens is 262 g/mol. The molecule has 1 aromatic rings. The average molecular weight is 289 g/mol. The summed E-state index contributed by atoms with van der Waals surface area (Å²) < 4.78 is 0. The van der Waals surface area contributed by atoms with Crippen LogP contribution < -0.4 is 5.73 Å². The second-order valence-corrected chi connectivity index (χ2v) is 8.52. The van der Waals surface area contributed by atoms with Crippen molar-refractivity contribution in [2.45, 2.75) is 56.8 Å². The molecule has 0 amide bonds. The lowest BCUT2D eigenvalue weighted by Crippen LogP contribution is -2.55. The fourth-order valence-corrected chi connectivity index (χ4v) is 7.18. The molecule has 4 saturated carbocycles. The minimum atomic E-state index is 0.538. The summed E-state index contributed by atoms with van der Waals surface area (Å²) in [4.78, 5) is 1.71. The first-order valence-corrected chi connectivity index (χ1v) is 9.45. The third kappa shape index (κ3) is 1.91. The van der Waals surface area contributed by atoms with E-state index in [0.29, 0.717) is 5.41 Å². The Kier molecular flexibility index (Phi) is 3.42. The first-order chi connectivity index (χ1) is 9.83. The van der Waals surface area contributed by atoms with Gasteiger partial charge in [-0.1, -0.05) is 12.5 Å². The van der Waals surface area contributed by atoms with Crippen molar-refractivity contribution in [1.82, 2.24) is 0 Å². The van der Waals surface area contributed by atoms with Crippen molar-refractivity contribution < 1.29 is 0 Å². The van der Waals surface area contributed by atoms with Gasteiger partial charge in [0.25, 0.3) is 0 Å². The van der Waals surface area contributed by atoms with Crippen LogP contribution in [0.1, 0.15) is 56.2 Å². The predicted octanol–water partition coefficient (Wildman–Crippen LogP) is 4.57. The van der Waals surface area contributed by atoms with Crippen molar-refractivity contribution in [3.8, 4) is 0 Å². The number of rotatable bonds is 5. The maximum atomic E-state index is 5.75. The zero-order valence-electron chi connectivity index (χ0n) is 12.4. The van der Waals surface area contributed by atoms with Gasteiger partial charge in [-0.15, -0.1) is 11.3 Å². The Morgan fingerprint density at radius 3 is 2.30 bits per heavy atom. The van der Waals surface area contributed by atoms with Gasteiger partial charge in [0.1, 0.15) is 0 Å². The molecule has 1 nitrogen and oxygen atoms in total. The van der Waals surface area contributed by atoms with E-state index in [1.807, 2.05) is 11.3 Å². The number of thiophene rings is 1. The van der Waals surface area contributed by atoms with Gasteiger partial charge in [-0.3, -0.25) is 0 Å². The van der Waals surface area contributed by atoms with Crippen LogP contribution in [0, 0.1) is 23.7 Å². The van der Waals surface area contributed by atoms with Gasteiger partial charge in [0.2, 0.25) is 0 Å². The summed E-state index contributed by atoms with van der Waals surface area (Å²) in [5.74, 6) is 4.10. The van der Waals surface area contributed by atoms with Gasteiger partial charge in [0.15, 0.2) is 0 Å². The van der Waals surface area contributed by atoms with E-state index in [0.717, 1.165) is 30.2 Å². The minimum absolute atomic E-state index is 0.538. The average Bonchev–Trinajstić information content (AvgIpc) is 2.96. The van der Waals surface area contributed by atoms with Crippen LogP contribution in [-0.4, -0.2) is 6.54 Å². The Hall–Kier alpha value is -0.340. The zero-order chi connectivity index (χ0) is 13.6. The highest BCUT2D eigenvalue weighted by atomic mass is 32.1. The number of hydrogen-bond acceptors (Lipinski definition) is 2. The Labute approximate surface area is 127 Å². The third-order valence-electron chi connectivity index (χ3n) is 6.62. The summed E-state index contributed by atoms with van der Waals surface area (Å²) >= 11 is 2.03. The van der Waals surface area contributed by atoms with Crippen molar-refractivity contribution in [1.29, 1.82) is 0 Å². The molecule has 2 heteroatoms. The molecule has 0 aromatic carbocycles. The maximum absolute atomic E-state index is 5.75. The Morgan fingerprint density at radius 2 is 1.75 bits per heavy atom. The monoisotopic (exact) mass is 289 g/mol. The van der Waals surface area contributed by atoms with Crippen LogP contribution in [0.5, 0.6) is 0 Å². The molecule has 110 valence electrons. The molecule has 2 N–H and O–H groups in total. The van der Waals surface area contributed by atoms with Crippen molar-refractivity contribution in [3.63, 3.8) is 0 Å². The molecule has 5 rings (SSSR count). The molecule has 4 fully saturated rings. The van der Waals surface area contributed by atoms with Gasteiger partial charge < -0.3 is 5.73 Å². The smallest absolute Gasteiger partial charge is 0.0113 e. The molecule has 4 aliphatic carbocycles. The fourth-order valence-electron chi connectivity index (χ4n) is 6.06. The summed E-state index contributed by atoms with van der Waals surface area (Å²) in [7, 11) is 0. The molecule has 1 aromatic heterocycles. The standard InChI is InChI=1S/C18H27NS/c19-6-2-1-5-18(17-4-3-7-20-17)15-9-13-8-14(11-15)12-16(18)10-13/h3-4,7,13-16H,1-2,5-6,8-12,19H2. The van der Waals surface area contributed by atoms with Crippen molar-refractivity contribution >= 4 is 11.3 Å². The fraction of sp³-hybridized carbons (Fsp3) is 0.778. The van der Waals surface area contributed by atoms with E-state index < -0.39 is 0 Å². The first-order valence-electron chi connectivity index (χ1n) is 8.57. The summed E-state index contributed by atoms with van der Waals surface area (Å²) in [5.41, 5.74) is 6.29. The van der Waals surface area contributed by atoms with Gasteiger partial charge in [-0.2, -0.15) is 0 Å². The lowest BCUT2D eigenvalue weighted by molar-refractivity contribution is -0.0642. The molecule has 1 heterocycles. The van der Waals surface area contributed by atoms with Crippen LogP contribution in [-0.2, 0) is 5.41 Å². The van der Waals surface area contributed by atoms with Gasteiger partial charge in [-0.25, -0.2) is 0 Å². The van der Waals surface area contributed by atoms with E-state index in [1.165, 1.54) is 44.9 Å². The van der Waals surface area contributed by atoms with E-state index in [2.05, 4.69) is 17.5 Å². The van der Waals surface area contributed by atoms with Crippen LogP contribution in [0.2, 0.25) is 0 Å². The summed E-state index contributed by atoms with van der Waals surface area (Å²) in [6.45, 7) is 0.862. The van der Waals surface area contributed by atoms with Crippen LogP contribution in [0.3, 0.4) is 0 Å². The molecule has 0 aliphatic heterocycles. The second kappa shape index (κ2) is 5.14. The van der Waals surface area contributed by atoms with E-state index in [9.17, 15) is 0 Å².